The summed E-state index contributed by atoms with van der Waals surface area (Å²) in [7, 11) is 0. The van der Waals surface area contributed by atoms with Gasteiger partial charge < -0.3 is 9.73 Å². The molecule has 0 unspecified atom stereocenters. The van der Waals surface area contributed by atoms with Crippen LogP contribution >= 0.6 is 0 Å². The first-order valence-electron chi connectivity index (χ1n) is 6.76. The van der Waals surface area contributed by atoms with Crippen LogP contribution in [0.2, 0.25) is 0 Å². The highest BCUT2D eigenvalue weighted by atomic mass is 16.4. The first kappa shape index (κ1) is 12.4. The zero-order valence-corrected chi connectivity index (χ0v) is 11.7. The fourth-order valence-corrected chi connectivity index (χ4v) is 2.66. The van der Waals surface area contributed by atoms with Gasteiger partial charge in [-0.05, 0) is 35.6 Å². The van der Waals surface area contributed by atoms with Gasteiger partial charge in [-0.3, -0.25) is 0 Å². The molecule has 0 atom stereocenters. The Morgan fingerprint density at radius 1 is 1.21 bits per heavy atom. The topological polar surface area (TPSA) is 42.2 Å². The summed E-state index contributed by atoms with van der Waals surface area (Å²) in [5.41, 5.74) is 3.73. The van der Waals surface area contributed by atoms with Gasteiger partial charge in [-0.25, -0.2) is 4.79 Å². The summed E-state index contributed by atoms with van der Waals surface area (Å²) in [4.78, 5) is 12.0. The van der Waals surface area contributed by atoms with E-state index in [0.717, 1.165) is 35.1 Å². The largest absolute Gasteiger partial charge is 0.422 e. The second-order valence-corrected chi connectivity index (χ2v) is 6.23. The standard InChI is InChI=1S/C16H19NO2/c1-16(2,3)10-4-5-12-11-6-7-17-9-13(11)15(18)19-14(12)8-10/h4-5,8,17H,6-7,9H2,1-3H3. The summed E-state index contributed by atoms with van der Waals surface area (Å²) in [6.45, 7) is 8.03. The Labute approximate surface area is 112 Å². The number of hydrogen-bond acceptors (Lipinski definition) is 3. The van der Waals surface area contributed by atoms with E-state index in [1.54, 1.807) is 0 Å². The predicted octanol–water partition coefficient (Wildman–Crippen LogP) is 2.74. The molecule has 2 aromatic rings. The van der Waals surface area contributed by atoms with Crippen molar-refractivity contribution in [1.82, 2.24) is 5.32 Å². The van der Waals surface area contributed by atoms with Gasteiger partial charge in [0.2, 0.25) is 0 Å². The van der Waals surface area contributed by atoms with Crippen molar-refractivity contribution in [1.29, 1.82) is 0 Å². The van der Waals surface area contributed by atoms with Crippen LogP contribution in [0.5, 0.6) is 0 Å². The zero-order chi connectivity index (χ0) is 13.6. The quantitative estimate of drug-likeness (QED) is 0.738. The molecular weight excluding hydrogens is 238 g/mol. The second kappa shape index (κ2) is 4.20. The van der Waals surface area contributed by atoms with Crippen LogP contribution in [-0.2, 0) is 18.4 Å². The van der Waals surface area contributed by atoms with Crippen molar-refractivity contribution in [3.8, 4) is 0 Å². The molecule has 19 heavy (non-hydrogen) atoms. The van der Waals surface area contributed by atoms with Crippen LogP contribution in [0.4, 0.5) is 0 Å². The molecule has 3 nitrogen and oxygen atoms in total. The number of nitrogens with one attached hydrogen (secondary N) is 1. The molecule has 0 amide bonds. The SMILES string of the molecule is CC(C)(C)c1ccc2c3c(c(=O)oc2c1)CNCC3. The fourth-order valence-electron chi connectivity index (χ4n) is 2.66. The molecule has 1 aromatic heterocycles. The van der Waals surface area contributed by atoms with Crippen LogP contribution in [0.25, 0.3) is 11.0 Å². The van der Waals surface area contributed by atoms with Gasteiger partial charge in [0.05, 0.1) is 5.56 Å². The molecule has 1 aliphatic rings. The smallest absolute Gasteiger partial charge is 0.341 e. The van der Waals surface area contributed by atoms with E-state index in [0.29, 0.717) is 6.54 Å². The van der Waals surface area contributed by atoms with E-state index in [2.05, 4.69) is 38.2 Å². The maximum atomic E-state index is 12.0. The Hall–Kier alpha value is -1.61. The van der Waals surface area contributed by atoms with Crippen molar-refractivity contribution in [3.05, 3.63) is 45.3 Å². The molecule has 0 spiro atoms. The summed E-state index contributed by atoms with van der Waals surface area (Å²) in [6.07, 6.45) is 0.895. The van der Waals surface area contributed by atoms with Crippen LogP contribution in [0, 0.1) is 0 Å². The lowest BCUT2D eigenvalue weighted by atomic mass is 9.86. The highest BCUT2D eigenvalue weighted by Crippen LogP contribution is 2.28. The zero-order valence-electron chi connectivity index (χ0n) is 11.7. The van der Waals surface area contributed by atoms with E-state index in [4.69, 9.17) is 4.42 Å². The summed E-state index contributed by atoms with van der Waals surface area (Å²) >= 11 is 0. The number of hydrogen-bond donors (Lipinski definition) is 1. The normalized spacial score (nSPS) is 15.5. The molecule has 1 N–H and O–H groups in total. The van der Waals surface area contributed by atoms with Crippen LogP contribution in [0.3, 0.4) is 0 Å². The fraction of sp³-hybridized carbons (Fsp3) is 0.438. The van der Waals surface area contributed by atoms with Gasteiger partial charge in [0.15, 0.2) is 0 Å². The minimum absolute atomic E-state index is 0.0597. The highest BCUT2D eigenvalue weighted by Gasteiger charge is 2.20. The first-order valence-corrected chi connectivity index (χ1v) is 6.76. The van der Waals surface area contributed by atoms with E-state index in [1.807, 2.05) is 6.07 Å². The number of fused-ring (bicyclic) bond motifs is 3. The van der Waals surface area contributed by atoms with E-state index in [9.17, 15) is 4.79 Å². The molecule has 0 aliphatic carbocycles. The minimum atomic E-state index is -0.194. The van der Waals surface area contributed by atoms with E-state index in [-0.39, 0.29) is 11.0 Å². The van der Waals surface area contributed by atoms with E-state index in [1.165, 1.54) is 5.56 Å². The maximum absolute atomic E-state index is 12.0. The van der Waals surface area contributed by atoms with E-state index < -0.39 is 0 Å². The summed E-state index contributed by atoms with van der Waals surface area (Å²) in [5, 5.41) is 4.31. The molecule has 0 saturated carbocycles. The molecule has 0 saturated heterocycles. The number of benzene rings is 1. The van der Waals surface area contributed by atoms with Crippen molar-refractivity contribution in [2.75, 3.05) is 6.54 Å². The lowest BCUT2D eigenvalue weighted by Crippen LogP contribution is -2.29. The Bertz CT molecular complexity index is 692. The van der Waals surface area contributed by atoms with Gasteiger partial charge in [0.1, 0.15) is 5.58 Å². The Kier molecular flexibility index (Phi) is 2.75. The average Bonchev–Trinajstić information content (AvgIpc) is 2.37. The van der Waals surface area contributed by atoms with Crippen molar-refractivity contribution in [2.24, 2.45) is 0 Å². The summed E-state index contributed by atoms with van der Waals surface area (Å²) in [6, 6.07) is 6.26. The molecule has 3 rings (SSSR count). The third kappa shape index (κ3) is 2.08. The molecule has 2 heterocycles. The van der Waals surface area contributed by atoms with Gasteiger partial charge in [-0.2, -0.15) is 0 Å². The average molecular weight is 257 g/mol. The molecule has 0 radical (unpaired) electrons. The van der Waals surface area contributed by atoms with Crippen molar-refractivity contribution >= 4 is 11.0 Å². The Morgan fingerprint density at radius 2 is 2.00 bits per heavy atom. The van der Waals surface area contributed by atoms with Gasteiger partial charge in [-0.1, -0.05) is 32.9 Å². The molecule has 0 bridgehead atoms. The second-order valence-electron chi connectivity index (χ2n) is 6.23. The van der Waals surface area contributed by atoms with Crippen LogP contribution in [0.1, 0.15) is 37.5 Å². The minimum Gasteiger partial charge on any atom is -0.422 e. The summed E-state index contributed by atoms with van der Waals surface area (Å²) < 4.78 is 5.50. The molecular formula is C16H19NO2. The van der Waals surface area contributed by atoms with Crippen LogP contribution < -0.4 is 10.9 Å². The van der Waals surface area contributed by atoms with Crippen molar-refractivity contribution in [2.45, 2.75) is 39.2 Å². The van der Waals surface area contributed by atoms with Gasteiger partial charge in [-0.15, -0.1) is 0 Å². The summed E-state index contributed by atoms with van der Waals surface area (Å²) in [5.74, 6) is 0. The monoisotopic (exact) mass is 257 g/mol. The molecule has 0 fully saturated rings. The van der Waals surface area contributed by atoms with Crippen molar-refractivity contribution < 1.29 is 4.42 Å². The highest BCUT2D eigenvalue weighted by molar-refractivity contribution is 5.82. The van der Waals surface area contributed by atoms with Gasteiger partial charge >= 0.3 is 5.63 Å². The predicted molar refractivity (Wildman–Crippen MR) is 76.6 cm³/mol. The third-order valence-electron chi connectivity index (χ3n) is 3.84. The van der Waals surface area contributed by atoms with Gasteiger partial charge in [0, 0.05) is 11.9 Å². The lowest BCUT2D eigenvalue weighted by molar-refractivity contribution is 0.523. The molecule has 1 aromatic carbocycles. The van der Waals surface area contributed by atoms with Crippen molar-refractivity contribution in [3.63, 3.8) is 0 Å². The Morgan fingerprint density at radius 3 is 2.74 bits per heavy atom. The first-order chi connectivity index (χ1) is 8.97. The Balaban J connectivity index is 2.29. The molecule has 3 heteroatoms. The number of rotatable bonds is 0. The maximum Gasteiger partial charge on any atom is 0.341 e. The molecule has 100 valence electrons. The van der Waals surface area contributed by atoms with Gasteiger partial charge in [0.25, 0.3) is 0 Å². The molecule has 1 aliphatic heterocycles. The third-order valence-corrected chi connectivity index (χ3v) is 3.84. The van der Waals surface area contributed by atoms with E-state index >= 15 is 0 Å². The lowest BCUT2D eigenvalue weighted by Gasteiger charge is -2.21. The van der Waals surface area contributed by atoms with Crippen LogP contribution in [-0.4, -0.2) is 6.54 Å². The van der Waals surface area contributed by atoms with Crippen LogP contribution in [0.15, 0.2) is 27.4 Å².